The van der Waals surface area contributed by atoms with Gasteiger partial charge < -0.3 is 10.1 Å². The zero-order chi connectivity index (χ0) is 27.0. The van der Waals surface area contributed by atoms with E-state index in [-0.39, 0.29) is 11.9 Å². The van der Waals surface area contributed by atoms with Crippen LogP contribution in [-0.2, 0) is 9.53 Å². The zero-order valence-corrected chi connectivity index (χ0v) is 23.9. The standard InChI is InChI=1S/C30H39Cl2N3O2/c1-5-8-15-24(18-13-10-14-21-37-4)29(30(36)33-27(6-2)23-16-11-9-12-17-23)34-35(7-3)28-20-19-25(31)22-26(28)32/h9-12,14,16-20,22,27H,5-8,13,15,21H2,1-4H3,(H,33,36)/b14-10+,24-18+,34-29+/t27-/m1/s1. The van der Waals surface area contributed by atoms with Gasteiger partial charge in [0.05, 0.1) is 23.4 Å². The Hall–Kier alpha value is -2.60. The van der Waals surface area contributed by atoms with Crippen LogP contribution in [0.15, 0.2) is 77.4 Å². The van der Waals surface area contributed by atoms with Crippen LogP contribution in [0, 0.1) is 0 Å². The number of unbranched alkanes of at least 4 members (excludes halogenated alkanes) is 1. The molecule has 2 rings (SSSR count). The number of hydrogen-bond acceptors (Lipinski definition) is 4. The van der Waals surface area contributed by atoms with Crippen molar-refractivity contribution in [2.75, 3.05) is 25.3 Å². The van der Waals surface area contributed by atoms with E-state index in [1.165, 1.54) is 0 Å². The first-order valence-corrected chi connectivity index (χ1v) is 13.7. The van der Waals surface area contributed by atoms with E-state index in [2.05, 4.69) is 25.2 Å². The van der Waals surface area contributed by atoms with Crippen LogP contribution in [0.3, 0.4) is 0 Å². The molecule has 2 aromatic rings. The molecule has 0 bridgehead atoms. The van der Waals surface area contributed by atoms with Crippen molar-refractivity contribution in [2.24, 2.45) is 5.10 Å². The number of carbonyl (C=O) groups is 1. The van der Waals surface area contributed by atoms with Gasteiger partial charge in [0.2, 0.25) is 0 Å². The molecule has 5 nitrogen and oxygen atoms in total. The monoisotopic (exact) mass is 543 g/mol. The Labute approximate surface area is 232 Å². The van der Waals surface area contributed by atoms with Crippen molar-refractivity contribution in [1.82, 2.24) is 5.32 Å². The van der Waals surface area contributed by atoms with E-state index in [0.29, 0.717) is 41.0 Å². The number of carbonyl (C=O) groups excluding carboxylic acids is 1. The Kier molecular flexibility index (Phi) is 14.1. The smallest absolute Gasteiger partial charge is 0.272 e. The Morgan fingerprint density at radius 1 is 1.11 bits per heavy atom. The summed E-state index contributed by atoms with van der Waals surface area (Å²) in [6.07, 6.45) is 10.2. The number of methoxy groups -OCH3 is 1. The van der Waals surface area contributed by atoms with Gasteiger partial charge in [-0.25, -0.2) is 0 Å². The molecule has 0 aliphatic rings. The van der Waals surface area contributed by atoms with Gasteiger partial charge in [-0.2, -0.15) is 5.10 Å². The Balaban J connectivity index is 2.52. The van der Waals surface area contributed by atoms with Crippen molar-refractivity contribution in [3.05, 3.63) is 87.9 Å². The molecule has 0 saturated heterocycles. The van der Waals surface area contributed by atoms with Crippen molar-refractivity contribution < 1.29 is 9.53 Å². The fourth-order valence-corrected chi connectivity index (χ4v) is 4.36. The first-order valence-electron chi connectivity index (χ1n) is 12.9. The highest BCUT2D eigenvalue weighted by Crippen LogP contribution is 2.29. The molecule has 1 N–H and O–H groups in total. The highest BCUT2D eigenvalue weighted by molar-refractivity contribution is 6.45. The van der Waals surface area contributed by atoms with Crippen LogP contribution in [-0.4, -0.2) is 31.9 Å². The van der Waals surface area contributed by atoms with Gasteiger partial charge in [-0.1, -0.05) is 92.0 Å². The lowest BCUT2D eigenvalue weighted by Gasteiger charge is -2.23. The molecule has 2 aromatic carbocycles. The summed E-state index contributed by atoms with van der Waals surface area (Å²) >= 11 is 12.6. The fourth-order valence-electron chi connectivity index (χ4n) is 3.85. The van der Waals surface area contributed by atoms with Gasteiger partial charge in [0.1, 0.15) is 0 Å². The quantitative estimate of drug-likeness (QED) is 0.140. The van der Waals surface area contributed by atoms with Gasteiger partial charge >= 0.3 is 0 Å². The van der Waals surface area contributed by atoms with Crippen LogP contribution in [0.5, 0.6) is 0 Å². The molecule has 0 heterocycles. The number of anilines is 1. The average Bonchev–Trinajstić information content (AvgIpc) is 2.91. The number of hydrogen-bond donors (Lipinski definition) is 1. The minimum absolute atomic E-state index is 0.123. The second-order valence-corrected chi connectivity index (χ2v) is 9.44. The van der Waals surface area contributed by atoms with Crippen LogP contribution in [0.4, 0.5) is 5.69 Å². The average molecular weight is 545 g/mol. The van der Waals surface area contributed by atoms with Gasteiger partial charge in [0.15, 0.2) is 5.71 Å². The first kappa shape index (κ1) is 30.6. The van der Waals surface area contributed by atoms with E-state index in [1.807, 2.05) is 55.5 Å². The maximum absolute atomic E-state index is 13.8. The largest absolute Gasteiger partial charge is 0.381 e. The van der Waals surface area contributed by atoms with Crippen LogP contribution >= 0.6 is 23.2 Å². The summed E-state index contributed by atoms with van der Waals surface area (Å²) < 4.78 is 5.11. The predicted octanol–water partition coefficient (Wildman–Crippen LogP) is 8.15. The second-order valence-electron chi connectivity index (χ2n) is 8.60. The number of benzene rings is 2. The molecule has 1 amide bonds. The Bertz CT molecular complexity index is 1070. The van der Waals surface area contributed by atoms with Crippen LogP contribution < -0.4 is 10.3 Å². The van der Waals surface area contributed by atoms with E-state index < -0.39 is 0 Å². The van der Waals surface area contributed by atoms with E-state index in [9.17, 15) is 4.79 Å². The molecule has 200 valence electrons. The molecule has 0 aliphatic carbocycles. The molecule has 0 spiro atoms. The molecule has 1 atom stereocenters. The summed E-state index contributed by atoms with van der Waals surface area (Å²) in [6.45, 7) is 7.26. The van der Waals surface area contributed by atoms with Crippen LogP contribution in [0.25, 0.3) is 0 Å². The van der Waals surface area contributed by atoms with Crippen molar-refractivity contribution in [2.45, 2.75) is 58.9 Å². The van der Waals surface area contributed by atoms with Gasteiger partial charge in [-0.3, -0.25) is 9.80 Å². The second kappa shape index (κ2) is 17.0. The summed E-state index contributed by atoms with van der Waals surface area (Å²) in [5.74, 6) is -0.206. The van der Waals surface area contributed by atoms with Gasteiger partial charge in [-0.05, 0) is 61.9 Å². The molecule has 0 unspecified atom stereocenters. The summed E-state index contributed by atoms with van der Waals surface area (Å²) in [6, 6.07) is 15.2. The number of nitrogens with zero attached hydrogens (tertiary/aromatic N) is 2. The molecule has 0 aromatic heterocycles. The van der Waals surface area contributed by atoms with E-state index in [4.69, 9.17) is 33.0 Å². The maximum atomic E-state index is 13.8. The number of halogens is 2. The van der Waals surface area contributed by atoms with Crippen molar-refractivity contribution in [3.8, 4) is 0 Å². The van der Waals surface area contributed by atoms with Crippen molar-refractivity contribution in [3.63, 3.8) is 0 Å². The third-order valence-corrected chi connectivity index (χ3v) is 6.41. The third-order valence-electron chi connectivity index (χ3n) is 5.87. The van der Waals surface area contributed by atoms with Crippen LogP contribution in [0.1, 0.15) is 64.5 Å². The van der Waals surface area contributed by atoms with E-state index >= 15 is 0 Å². The lowest BCUT2D eigenvalue weighted by molar-refractivity contribution is -0.115. The molecule has 0 fully saturated rings. The molecule has 7 heteroatoms. The molecule has 0 radical (unpaired) electrons. The first-order chi connectivity index (χ1) is 17.9. The van der Waals surface area contributed by atoms with E-state index in [0.717, 1.165) is 36.8 Å². The SMILES string of the molecule is CCCCC(=C\C/C=C/COC)/C(=N\N(CC)c1ccc(Cl)cc1Cl)C(=O)N[C@H](CC)c1ccccc1. The number of hydrazone groups is 1. The molecule has 37 heavy (non-hydrogen) atoms. The summed E-state index contributed by atoms with van der Waals surface area (Å²) in [7, 11) is 1.67. The fraction of sp³-hybridized carbons (Fsp3) is 0.400. The van der Waals surface area contributed by atoms with Gasteiger partial charge in [-0.15, -0.1) is 0 Å². The zero-order valence-electron chi connectivity index (χ0n) is 22.3. The number of allylic oxidation sites excluding steroid dienone is 2. The highest BCUT2D eigenvalue weighted by Gasteiger charge is 2.22. The van der Waals surface area contributed by atoms with Crippen molar-refractivity contribution in [1.29, 1.82) is 0 Å². The summed E-state index contributed by atoms with van der Waals surface area (Å²) in [5.41, 5.74) is 3.07. The summed E-state index contributed by atoms with van der Waals surface area (Å²) in [4.78, 5) is 13.8. The number of amides is 1. The predicted molar refractivity (Wildman–Crippen MR) is 158 cm³/mol. The van der Waals surface area contributed by atoms with Crippen LogP contribution in [0.2, 0.25) is 10.0 Å². The highest BCUT2D eigenvalue weighted by atomic mass is 35.5. The number of rotatable bonds is 15. The molecular formula is C30H39Cl2N3O2. The topological polar surface area (TPSA) is 53.9 Å². The number of ether oxygens (including phenoxy) is 1. The molecule has 0 saturated carbocycles. The van der Waals surface area contributed by atoms with E-state index in [1.54, 1.807) is 24.3 Å². The normalized spacial score (nSPS) is 13.1. The lowest BCUT2D eigenvalue weighted by Crippen LogP contribution is -2.37. The number of nitrogens with one attached hydrogen (secondary N) is 1. The minimum atomic E-state index is -0.206. The van der Waals surface area contributed by atoms with Gasteiger partial charge in [0.25, 0.3) is 5.91 Å². The Morgan fingerprint density at radius 2 is 1.86 bits per heavy atom. The summed E-state index contributed by atoms with van der Waals surface area (Å²) in [5, 5.41) is 10.9. The molecule has 0 aliphatic heterocycles. The maximum Gasteiger partial charge on any atom is 0.272 e. The minimum Gasteiger partial charge on any atom is -0.381 e. The molecular weight excluding hydrogens is 505 g/mol. The van der Waals surface area contributed by atoms with Gasteiger partial charge in [0, 0.05) is 18.7 Å². The lowest BCUT2D eigenvalue weighted by atomic mass is 10.00. The van der Waals surface area contributed by atoms with Crippen molar-refractivity contribution >= 4 is 40.5 Å². The third kappa shape index (κ3) is 9.99. The Morgan fingerprint density at radius 3 is 2.49 bits per heavy atom.